The Labute approximate surface area is 192 Å². The van der Waals surface area contributed by atoms with Gasteiger partial charge >= 0.3 is 109 Å². The van der Waals surface area contributed by atoms with Crippen LogP contribution in [0.1, 0.15) is 39.2 Å². The fourth-order valence-electron chi connectivity index (χ4n) is 3.92. The summed E-state index contributed by atoms with van der Waals surface area (Å²) in [5.74, 6) is 0. The molecule has 0 N–H and O–H groups in total. The normalized spacial score (nSPS) is 16.2. The monoisotopic (exact) mass is 466 g/mol. The molecule has 1 heteroatoms. The van der Waals surface area contributed by atoms with Crippen LogP contribution in [0.15, 0.2) is 112 Å². The minimum absolute atomic E-state index is 0.453. The molecule has 30 heavy (non-hydrogen) atoms. The van der Waals surface area contributed by atoms with E-state index in [1.165, 1.54) is 28.7 Å². The first-order valence-electron chi connectivity index (χ1n) is 10.8. The first-order chi connectivity index (χ1) is 14.8. The van der Waals surface area contributed by atoms with E-state index in [0.717, 1.165) is 16.5 Å². The van der Waals surface area contributed by atoms with Crippen LogP contribution in [0.4, 0.5) is 0 Å². The zero-order chi connectivity index (χ0) is 20.6. The molecule has 0 saturated carbocycles. The Morgan fingerprint density at radius 3 is 1.97 bits per heavy atom. The number of rotatable bonds is 5. The molecule has 0 aromatic heterocycles. The molecule has 0 amide bonds. The standard InChI is InChI=1S/C14H14.C9H7.C6H7.Zr/c1-3-7-13(8-4-1)11-12-14-9-5-2-6-10-14;1-2-5-9-7-3-6-8(9)4-1;1-6-4-2-3-5-6;/h1-10H,11-12H2;1-7H;4-5H,2H2,1H3;. The molecule has 0 heterocycles. The summed E-state index contributed by atoms with van der Waals surface area (Å²) in [4.78, 5) is 0. The van der Waals surface area contributed by atoms with Gasteiger partial charge in [-0.25, -0.2) is 0 Å². The largest absolute Gasteiger partial charge is 0.0622 e. The van der Waals surface area contributed by atoms with Crippen LogP contribution in [0.2, 0.25) is 0 Å². The maximum absolute atomic E-state index is 2.42. The van der Waals surface area contributed by atoms with Crippen LogP contribution in [0.5, 0.6) is 0 Å². The van der Waals surface area contributed by atoms with Crippen molar-refractivity contribution in [2.24, 2.45) is 0 Å². The zero-order valence-electron chi connectivity index (χ0n) is 17.6. The van der Waals surface area contributed by atoms with Crippen molar-refractivity contribution in [1.29, 1.82) is 0 Å². The Bertz CT molecular complexity index is 1000. The third kappa shape index (κ3) is 5.90. The van der Waals surface area contributed by atoms with Crippen LogP contribution >= 0.6 is 0 Å². The summed E-state index contributed by atoms with van der Waals surface area (Å²) < 4.78 is 2.51. The number of fused-ring (bicyclic) bond motifs is 1. The molecule has 0 fully saturated rings. The van der Waals surface area contributed by atoms with E-state index in [1.807, 2.05) is 0 Å². The zero-order valence-corrected chi connectivity index (χ0v) is 20.0. The molecule has 0 radical (unpaired) electrons. The summed E-state index contributed by atoms with van der Waals surface area (Å²) in [5.41, 5.74) is 7.30. The van der Waals surface area contributed by atoms with Gasteiger partial charge in [0.1, 0.15) is 0 Å². The van der Waals surface area contributed by atoms with Gasteiger partial charge < -0.3 is 0 Å². The van der Waals surface area contributed by atoms with Crippen LogP contribution < -0.4 is 0 Å². The third-order valence-corrected chi connectivity index (χ3v) is 9.34. The number of aryl methyl sites for hydroxylation is 2. The fraction of sp³-hybridized carbons (Fsp3) is 0.172. The van der Waals surface area contributed by atoms with E-state index >= 15 is 0 Å². The molecule has 0 aliphatic heterocycles. The summed E-state index contributed by atoms with van der Waals surface area (Å²) in [5, 5.41) is 0. The molecule has 1 unspecified atom stereocenters. The molecule has 2 aliphatic carbocycles. The molecule has 1 atom stereocenters. The van der Waals surface area contributed by atoms with Crippen LogP contribution in [0.3, 0.4) is 0 Å². The Kier molecular flexibility index (Phi) is 7.49. The topological polar surface area (TPSA) is 0 Å². The number of benzene rings is 3. The second kappa shape index (κ2) is 10.7. The van der Waals surface area contributed by atoms with Gasteiger partial charge in [0.15, 0.2) is 0 Å². The first kappa shape index (κ1) is 21.0. The average molecular weight is 468 g/mol. The maximum Gasteiger partial charge on any atom is -0.0238 e. The van der Waals surface area contributed by atoms with Gasteiger partial charge in [-0.05, 0) is 24.0 Å². The number of allylic oxidation sites excluding steroid dienone is 5. The molecular formula is C29H28Zr. The van der Waals surface area contributed by atoms with Gasteiger partial charge in [0.05, 0.1) is 0 Å². The van der Waals surface area contributed by atoms with Crippen molar-refractivity contribution < 1.29 is 23.2 Å². The summed E-state index contributed by atoms with van der Waals surface area (Å²) in [6.45, 7) is 2.21. The van der Waals surface area contributed by atoms with E-state index in [9.17, 15) is 0 Å². The summed E-state index contributed by atoms with van der Waals surface area (Å²) >= 11 is -0.453. The summed E-state index contributed by atoms with van der Waals surface area (Å²) in [6, 6.07) is 30.1. The number of hydrogen-bond donors (Lipinski definition) is 0. The van der Waals surface area contributed by atoms with E-state index < -0.39 is 23.2 Å². The third-order valence-electron chi connectivity index (χ3n) is 5.57. The molecule has 0 saturated heterocycles. The van der Waals surface area contributed by atoms with Gasteiger partial charge in [-0.3, -0.25) is 0 Å². The Balaban J connectivity index is 0.000000147. The van der Waals surface area contributed by atoms with Crippen LogP contribution in [0.25, 0.3) is 6.08 Å². The van der Waals surface area contributed by atoms with Gasteiger partial charge in [0.2, 0.25) is 0 Å². The van der Waals surface area contributed by atoms with Crippen molar-refractivity contribution in [1.82, 2.24) is 0 Å². The average Bonchev–Trinajstić information content (AvgIpc) is 3.40. The molecule has 148 valence electrons. The van der Waals surface area contributed by atoms with Gasteiger partial charge in [-0.15, -0.1) is 0 Å². The second-order valence-electron chi connectivity index (χ2n) is 7.90. The van der Waals surface area contributed by atoms with E-state index in [1.54, 1.807) is 8.84 Å². The maximum atomic E-state index is 2.42. The Morgan fingerprint density at radius 1 is 0.767 bits per heavy atom. The minimum atomic E-state index is -0.453. The summed E-state index contributed by atoms with van der Waals surface area (Å²) in [6.07, 6.45) is 13.0. The molecule has 2 aliphatic rings. The molecule has 0 nitrogen and oxygen atoms in total. The Hall–Kier alpha value is -2.24. The van der Waals surface area contributed by atoms with Gasteiger partial charge in [0, 0.05) is 0 Å². The molecule has 3 aromatic carbocycles. The van der Waals surface area contributed by atoms with Gasteiger partial charge in [-0.1, -0.05) is 60.7 Å². The van der Waals surface area contributed by atoms with E-state index in [0.29, 0.717) is 0 Å². The van der Waals surface area contributed by atoms with Crippen molar-refractivity contribution in [2.45, 2.75) is 29.8 Å². The van der Waals surface area contributed by atoms with Crippen LogP contribution in [-0.2, 0) is 36.1 Å². The van der Waals surface area contributed by atoms with Gasteiger partial charge in [-0.2, -0.15) is 0 Å². The van der Waals surface area contributed by atoms with E-state index in [-0.39, 0.29) is 0 Å². The van der Waals surface area contributed by atoms with Crippen LogP contribution in [-0.4, -0.2) is 0 Å². The quantitative estimate of drug-likeness (QED) is 0.363. The Morgan fingerprint density at radius 2 is 1.37 bits per heavy atom. The number of hydrogen-bond acceptors (Lipinski definition) is 0. The molecule has 5 rings (SSSR count). The first-order valence-corrected chi connectivity index (χ1v) is 13.4. The minimum Gasteiger partial charge on any atom is -0.0622 e. The van der Waals surface area contributed by atoms with Crippen molar-refractivity contribution >= 4 is 6.08 Å². The molecular weight excluding hydrogens is 440 g/mol. The molecule has 0 bridgehead atoms. The van der Waals surface area contributed by atoms with Crippen molar-refractivity contribution in [2.75, 3.05) is 0 Å². The predicted octanol–water partition coefficient (Wildman–Crippen LogP) is 7.54. The van der Waals surface area contributed by atoms with E-state index in [4.69, 9.17) is 0 Å². The molecule has 3 aromatic rings. The van der Waals surface area contributed by atoms with Crippen molar-refractivity contribution in [3.63, 3.8) is 0 Å². The smallest absolute Gasteiger partial charge is 0.0238 e. The van der Waals surface area contributed by atoms with Crippen molar-refractivity contribution in [3.8, 4) is 0 Å². The SMILES string of the molecule is CC1=CC[C]([Zr][CH]2C=Cc3ccccc32)=C1.c1ccc(CCc2ccccc2)cc1. The van der Waals surface area contributed by atoms with Gasteiger partial charge in [0.25, 0.3) is 0 Å². The fourth-order valence-corrected chi connectivity index (χ4v) is 7.71. The van der Waals surface area contributed by atoms with Crippen LogP contribution in [0, 0.1) is 0 Å². The predicted molar refractivity (Wildman–Crippen MR) is 125 cm³/mol. The molecule has 0 spiro atoms. The van der Waals surface area contributed by atoms with Crippen molar-refractivity contribution in [3.05, 3.63) is 134 Å². The van der Waals surface area contributed by atoms with E-state index in [2.05, 4.69) is 116 Å². The second-order valence-corrected chi connectivity index (χ2v) is 11.7. The summed E-state index contributed by atoms with van der Waals surface area (Å²) in [7, 11) is 0.